The van der Waals surface area contributed by atoms with Gasteiger partial charge in [0.2, 0.25) is 0 Å². The molecule has 1 aromatic carbocycles. The van der Waals surface area contributed by atoms with Crippen molar-refractivity contribution in [1.82, 2.24) is 0 Å². The van der Waals surface area contributed by atoms with E-state index in [1.165, 1.54) is 16.7 Å². The second kappa shape index (κ2) is 12.9. The average molecular weight is 374 g/mol. The number of hydrogen-bond donors (Lipinski definition) is 1. The van der Waals surface area contributed by atoms with E-state index in [2.05, 4.69) is 38.2 Å². The molecule has 3 nitrogen and oxygen atoms in total. The van der Waals surface area contributed by atoms with Gasteiger partial charge in [0.1, 0.15) is 13.3 Å². The van der Waals surface area contributed by atoms with Crippen LogP contribution in [0.3, 0.4) is 0 Å². The van der Waals surface area contributed by atoms with Gasteiger partial charge >= 0.3 is 6.09 Å². The molecule has 1 aromatic rings. The minimum absolute atomic E-state index is 0.240. The summed E-state index contributed by atoms with van der Waals surface area (Å²) in [5.41, 5.74) is 5.14. The molecule has 27 heavy (non-hydrogen) atoms. The summed E-state index contributed by atoms with van der Waals surface area (Å²) in [5, 5.41) is 2.63. The lowest BCUT2D eigenvalue weighted by Crippen LogP contribution is -2.13. The minimum atomic E-state index is -0.515. The van der Waals surface area contributed by atoms with Crippen molar-refractivity contribution in [1.29, 1.82) is 0 Å². The molecule has 0 radical (unpaired) electrons. The molecule has 148 valence electrons. The number of anilines is 1. The lowest BCUT2D eigenvalue weighted by atomic mass is 10.1. The summed E-state index contributed by atoms with van der Waals surface area (Å²) in [5.74, 6) is 0. The number of benzene rings is 1. The fourth-order valence-corrected chi connectivity index (χ4v) is 2.43. The monoisotopic (exact) mass is 373 g/mol. The van der Waals surface area contributed by atoms with Crippen LogP contribution in [0.1, 0.15) is 58.9 Å². The van der Waals surface area contributed by atoms with Crippen LogP contribution in [0.4, 0.5) is 14.9 Å². The second-order valence-electron chi connectivity index (χ2n) is 7.01. The van der Waals surface area contributed by atoms with Crippen LogP contribution in [-0.4, -0.2) is 12.7 Å². The molecule has 0 aromatic heterocycles. The van der Waals surface area contributed by atoms with Crippen molar-refractivity contribution >= 4 is 11.8 Å². The molecule has 0 aliphatic heterocycles. The molecule has 0 spiro atoms. The van der Waals surface area contributed by atoms with Crippen molar-refractivity contribution in [3.8, 4) is 0 Å². The summed E-state index contributed by atoms with van der Waals surface area (Å²) in [6, 6.07) is 6.58. The van der Waals surface area contributed by atoms with Crippen LogP contribution in [-0.2, 0) is 11.4 Å². The van der Waals surface area contributed by atoms with Gasteiger partial charge in [0.05, 0.1) is 0 Å². The molecule has 0 bridgehead atoms. The van der Waals surface area contributed by atoms with Crippen LogP contribution in [0.15, 0.2) is 59.2 Å². The van der Waals surface area contributed by atoms with Crippen LogP contribution in [0.2, 0.25) is 0 Å². The van der Waals surface area contributed by atoms with Crippen LogP contribution >= 0.6 is 0 Å². The molecular weight excluding hydrogens is 341 g/mol. The van der Waals surface area contributed by atoms with Crippen LogP contribution in [0.25, 0.3) is 0 Å². The first-order valence-corrected chi connectivity index (χ1v) is 9.44. The lowest BCUT2D eigenvalue weighted by Gasteiger charge is -2.06. The van der Waals surface area contributed by atoms with Gasteiger partial charge in [0.15, 0.2) is 0 Å². The van der Waals surface area contributed by atoms with Gasteiger partial charge in [0.25, 0.3) is 0 Å². The number of carbonyl (C=O) groups excluding carboxylic acids is 1. The first-order valence-electron chi connectivity index (χ1n) is 9.44. The van der Waals surface area contributed by atoms with Crippen LogP contribution in [0.5, 0.6) is 0 Å². The van der Waals surface area contributed by atoms with E-state index in [0.29, 0.717) is 11.3 Å². The van der Waals surface area contributed by atoms with Gasteiger partial charge in [0, 0.05) is 5.69 Å². The van der Waals surface area contributed by atoms with E-state index in [-0.39, 0.29) is 6.61 Å². The Kier molecular flexibility index (Phi) is 10.8. The molecule has 0 saturated heterocycles. The molecule has 1 amide bonds. The minimum Gasteiger partial charge on any atom is -0.445 e. The van der Waals surface area contributed by atoms with Gasteiger partial charge < -0.3 is 4.74 Å². The SMILES string of the molecule is CC(C)=CCC/C(C)=C/CC/C(C)=C/COC(=O)Nc1ccc(CF)cc1. The van der Waals surface area contributed by atoms with Crippen LogP contribution < -0.4 is 5.32 Å². The van der Waals surface area contributed by atoms with E-state index in [1.807, 2.05) is 13.0 Å². The van der Waals surface area contributed by atoms with Gasteiger partial charge in [-0.15, -0.1) is 0 Å². The standard InChI is InChI=1S/C23H32FNO2/c1-18(2)7-5-8-19(3)9-6-10-20(4)15-16-27-23(26)25-22-13-11-21(17-24)12-14-22/h7,9,11-15H,5-6,8,10,16-17H2,1-4H3,(H,25,26)/b19-9+,20-15+. The maximum atomic E-state index is 12.5. The van der Waals surface area contributed by atoms with E-state index in [1.54, 1.807) is 24.3 Å². The number of halogens is 1. The highest BCUT2D eigenvalue weighted by atomic mass is 19.1. The number of ether oxygens (including phenoxy) is 1. The predicted octanol–water partition coefficient (Wildman–Crippen LogP) is 7.12. The summed E-state index contributed by atoms with van der Waals surface area (Å²) < 4.78 is 17.6. The van der Waals surface area contributed by atoms with Crippen molar-refractivity contribution in [3.05, 3.63) is 64.8 Å². The van der Waals surface area contributed by atoms with E-state index in [9.17, 15) is 9.18 Å². The zero-order valence-electron chi connectivity index (χ0n) is 17.0. The number of alkyl halides is 1. The molecule has 0 aliphatic carbocycles. The Morgan fingerprint density at radius 2 is 1.56 bits per heavy atom. The highest BCUT2D eigenvalue weighted by Crippen LogP contribution is 2.12. The van der Waals surface area contributed by atoms with Crippen LogP contribution in [0, 0.1) is 0 Å². The summed E-state index contributed by atoms with van der Waals surface area (Å²) in [7, 11) is 0. The normalized spacial score (nSPS) is 11.9. The van der Waals surface area contributed by atoms with Gasteiger partial charge in [-0.2, -0.15) is 0 Å². The quantitative estimate of drug-likeness (QED) is 0.443. The molecule has 0 atom stereocenters. The number of hydrogen-bond acceptors (Lipinski definition) is 2. The highest BCUT2D eigenvalue weighted by Gasteiger charge is 2.02. The third-order valence-corrected chi connectivity index (χ3v) is 4.12. The van der Waals surface area contributed by atoms with E-state index >= 15 is 0 Å². The van der Waals surface area contributed by atoms with Crippen molar-refractivity contribution in [3.63, 3.8) is 0 Å². The molecule has 0 aliphatic rings. The van der Waals surface area contributed by atoms with Gasteiger partial charge in [-0.25, -0.2) is 9.18 Å². The van der Waals surface area contributed by atoms with E-state index < -0.39 is 12.8 Å². The first kappa shape index (κ1) is 22.7. The largest absolute Gasteiger partial charge is 0.445 e. The van der Waals surface area contributed by atoms with Crippen molar-refractivity contribution in [2.75, 3.05) is 11.9 Å². The van der Waals surface area contributed by atoms with Crippen molar-refractivity contribution in [2.24, 2.45) is 0 Å². The Morgan fingerprint density at radius 3 is 2.15 bits per heavy atom. The Hall–Kier alpha value is -2.36. The lowest BCUT2D eigenvalue weighted by molar-refractivity contribution is 0.174. The number of amides is 1. The summed E-state index contributed by atoms with van der Waals surface area (Å²) >= 11 is 0. The van der Waals surface area contributed by atoms with Gasteiger partial charge in [-0.1, -0.05) is 41.0 Å². The fraction of sp³-hybridized carbons (Fsp3) is 0.435. The number of rotatable bonds is 10. The Bertz CT molecular complexity index is 668. The number of allylic oxidation sites excluding steroid dienone is 5. The Balaban J connectivity index is 2.26. The number of nitrogens with one attached hydrogen (secondary N) is 1. The topological polar surface area (TPSA) is 38.3 Å². The van der Waals surface area contributed by atoms with Crippen molar-refractivity contribution in [2.45, 2.75) is 60.1 Å². The fourth-order valence-electron chi connectivity index (χ4n) is 2.43. The highest BCUT2D eigenvalue weighted by molar-refractivity contribution is 5.84. The van der Waals surface area contributed by atoms with Gasteiger partial charge in [-0.3, -0.25) is 5.32 Å². The zero-order chi connectivity index (χ0) is 20.1. The molecule has 1 N–H and O–H groups in total. The third kappa shape index (κ3) is 11.1. The van der Waals surface area contributed by atoms with E-state index in [4.69, 9.17) is 4.74 Å². The summed E-state index contributed by atoms with van der Waals surface area (Å²) in [6.45, 7) is 8.19. The molecule has 0 saturated carbocycles. The Labute approximate surface area is 163 Å². The van der Waals surface area contributed by atoms with Crippen molar-refractivity contribution < 1.29 is 13.9 Å². The summed E-state index contributed by atoms with van der Waals surface area (Å²) in [4.78, 5) is 11.7. The maximum Gasteiger partial charge on any atom is 0.411 e. The van der Waals surface area contributed by atoms with E-state index in [0.717, 1.165) is 25.7 Å². The number of carbonyl (C=O) groups is 1. The average Bonchev–Trinajstić information content (AvgIpc) is 2.62. The zero-order valence-corrected chi connectivity index (χ0v) is 17.0. The smallest absolute Gasteiger partial charge is 0.411 e. The molecule has 4 heteroatoms. The maximum absolute atomic E-state index is 12.5. The molecule has 0 heterocycles. The predicted molar refractivity (Wildman–Crippen MR) is 112 cm³/mol. The Morgan fingerprint density at radius 1 is 0.963 bits per heavy atom. The molecule has 1 rings (SSSR count). The summed E-state index contributed by atoms with van der Waals surface area (Å²) in [6.07, 6.45) is 10.1. The molecular formula is C23H32FNO2. The molecule has 0 unspecified atom stereocenters. The third-order valence-electron chi connectivity index (χ3n) is 4.12. The second-order valence-corrected chi connectivity index (χ2v) is 7.01. The molecule has 0 fully saturated rings. The van der Waals surface area contributed by atoms with Gasteiger partial charge in [-0.05, 0) is 77.2 Å². The first-order chi connectivity index (χ1) is 12.9.